The molecule has 2 heterocycles. The Hall–Kier alpha value is -7.66. The summed E-state index contributed by atoms with van der Waals surface area (Å²) in [5.74, 6) is -12.1. The Morgan fingerprint density at radius 2 is 0.911 bits per heavy atom. The van der Waals surface area contributed by atoms with Gasteiger partial charge in [0.1, 0.15) is 54.1 Å². The molecule has 2 rings (SSSR count). The molecule has 0 saturated carbocycles. The molecule has 0 aromatic carbocycles. The lowest BCUT2D eigenvalue weighted by Crippen LogP contribution is -2.63. The molecule has 0 aliphatic heterocycles. The first kappa shape index (κ1) is 78.4. The number of carboxylic acids is 1. The van der Waals surface area contributed by atoms with Crippen molar-refractivity contribution < 1.29 is 91.2 Å². The first-order valence-corrected chi connectivity index (χ1v) is 31.5. The van der Waals surface area contributed by atoms with Gasteiger partial charge in [0.2, 0.25) is 59.1 Å². The molecule has 0 saturated heterocycles. The summed E-state index contributed by atoms with van der Waals surface area (Å²) in [5.41, 5.74) is 0.675. The van der Waals surface area contributed by atoms with Crippen LogP contribution in [0.1, 0.15) is 144 Å². The Labute approximate surface area is 522 Å². The second-order valence-electron chi connectivity index (χ2n) is 23.3. The van der Waals surface area contributed by atoms with Crippen LogP contribution in [0.3, 0.4) is 0 Å². The van der Waals surface area contributed by atoms with Gasteiger partial charge >= 0.3 is 5.97 Å². The number of H-pyrrole nitrogens is 2. The second-order valence-corrected chi connectivity index (χ2v) is 24.8. The van der Waals surface area contributed by atoms with Gasteiger partial charge in [0, 0.05) is 49.6 Å². The molecule has 0 aliphatic carbocycles. The van der Waals surface area contributed by atoms with Crippen molar-refractivity contribution in [3.05, 3.63) is 36.4 Å². The molecule has 0 radical (unpaired) electrons. The Bertz CT molecular complexity index is 2750. The van der Waals surface area contributed by atoms with Crippen molar-refractivity contribution in [2.75, 3.05) is 12.3 Å². The van der Waals surface area contributed by atoms with Gasteiger partial charge in [-0.2, -0.15) is 8.42 Å². The molecule has 34 heteroatoms. The molecular weight excluding hydrogens is 1200 g/mol. The average molecular weight is 1300 g/mol. The van der Waals surface area contributed by atoms with E-state index in [1.165, 1.54) is 38.9 Å². The summed E-state index contributed by atoms with van der Waals surface area (Å²) in [7, 11) is -4.84. The van der Waals surface area contributed by atoms with Gasteiger partial charge in [-0.3, -0.25) is 52.5 Å². The lowest BCUT2D eigenvalue weighted by Gasteiger charge is -2.28. The van der Waals surface area contributed by atoms with Gasteiger partial charge in [-0.05, 0) is 65.7 Å². The molecule has 2 aromatic rings. The van der Waals surface area contributed by atoms with Gasteiger partial charge < -0.3 is 88.7 Å². The summed E-state index contributed by atoms with van der Waals surface area (Å²) in [4.78, 5) is 159. The molecule has 0 fully saturated rings. The van der Waals surface area contributed by atoms with Crippen LogP contribution in [0.2, 0.25) is 0 Å². The van der Waals surface area contributed by atoms with Crippen molar-refractivity contribution >= 4 is 75.2 Å². The molecular formula is C56H94N14O19S. The highest BCUT2D eigenvalue weighted by atomic mass is 32.2. The van der Waals surface area contributed by atoms with Crippen LogP contribution in [-0.4, -0.2) is 215 Å². The molecule has 10 amide bonds. The third-order valence-electron chi connectivity index (χ3n) is 13.9. The van der Waals surface area contributed by atoms with Crippen LogP contribution in [0.15, 0.2) is 25.0 Å². The first-order valence-electron chi connectivity index (χ1n) is 29.9. The highest BCUT2D eigenvalue weighted by Gasteiger charge is 2.37. The number of amides is 10. The lowest BCUT2D eigenvalue weighted by molar-refractivity contribution is -0.145. The van der Waals surface area contributed by atoms with E-state index in [0.717, 1.165) is 52.9 Å². The fourth-order valence-electron chi connectivity index (χ4n) is 8.92. The maximum atomic E-state index is 13.8. The third kappa shape index (κ3) is 30.7. The zero-order chi connectivity index (χ0) is 68.0. The number of aliphatic hydroxyl groups excluding tert-OH is 4. The van der Waals surface area contributed by atoms with Crippen molar-refractivity contribution in [1.82, 2.24) is 73.1 Å². The molecule has 2 aromatic heterocycles. The maximum Gasteiger partial charge on any atom is 0.328 e. The largest absolute Gasteiger partial charge is 0.480 e. The zero-order valence-electron chi connectivity index (χ0n) is 52.4. The fourth-order valence-corrected chi connectivity index (χ4v) is 9.58. The minimum Gasteiger partial charge on any atom is -0.480 e. The number of carbonyl (C=O) groups is 11. The maximum absolute atomic E-state index is 13.8. The van der Waals surface area contributed by atoms with Gasteiger partial charge in [0.25, 0.3) is 10.1 Å². The van der Waals surface area contributed by atoms with E-state index in [1.807, 2.05) is 0 Å². The number of aromatic nitrogens is 4. The fraction of sp³-hybridized carbons (Fsp3) is 0.696. The van der Waals surface area contributed by atoms with E-state index in [4.69, 9.17) is 0 Å². The second kappa shape index (κ2) is 39.5. The van der Waals surface area contributed by atoms with E-state index in [0.29, 0.717) is 30.1 Å². The van der Waals surface area contributed by atoms with Gasteiger partial charge in [0.15, 0.2) is 6.04 Å². The molecule has 0 aliphatic rings. The van der Waals surface area contributed by atoms with E-state index in [2.05, 4.69) is 87.0 Å². The number of nitrogens with one attached hydrogen (secondary N) is 12. The van der Waals surface area contributed by atoms with E-state index >= 15 is 0 Å². The van der Waals surface area contributed by atoms with Crippen molar-refractivity contribution in [2.45, 2.75) is 225 Å². The highest BCUT2D eigenvalue weighted by Crippen LogP contribution is 2.14. The number of rotatable bonds is 43. The highest BCUT2D eigenvalue weighted by molar-refractivity contribution is 7.85. The van der Waals surface area contributed by atoms with Crippen LogP contribution in [0, 0.1) is 11.8 Å². The molecule has 0 spiro atoms. The Balaban J connectivity index is 2.11. The van der Waals surface area contributed by atoms with E-state index in [-0.39, 0.29) is 44.6 Å². The molecule has 33 nitrogen and oxygen atoms in total. The molecule has 13 unspecified atom stereocenters. The third-order valence-corrected chi connectivity index (χ3v) is 14.7. The summed E-state index contributed by atoms with van der Waals surface area (Å²) in [6.45, 7) is 13.4. The van der Waals surface area contributed by atoms with Crippen LogP contribution in [0.25, 0.3) is 0 Å². The number of hydrogen-bond donors (Lipinski definition) is 18. The normalized spacial score (nSPS) is 15.9. The predicted molar refractivity (Wildman–Crippen MR) is 322 cm³/mol. The minimum atomic E-state index is -4.84. The topological polar surface area (TPSA) is 521 Å². The first-order chi connectivity index (χ1) is 42.1. The number of aliphatic carboxylic acids is 1. The zero-order valence-corrected chi connectivity index (χ0v) is 53.2. The van der Waals surface area contributed by atoms with Crippen LogP contribution in [0.5, 0.6) is 0 Å². The Morgan fingerprint density at radius 3 is 1.37 bits per heavy atom. The molecule has 508 valence electrons. The number of aliphatic hydroxyl groups is 4. The van der Waals surface area contributed by atoms with Crippen LogP contribution < -0.4 is 53.2 Å². The number of aromatic amines is 2. The number of hydrogen-bond acceptors (Lipinski definition) is 19. The van der Waals surface area contributed by atoms with Crippen molar-refractivity contribution in [3.8, 4) is 0 Å². The number of carboxylic acid groups (broad SMARTS) is 1. The molecule has 13 atom stereocenters. The van der Waals surface area contributed by atoms with E-state index < -0.39 is 166 Å². The quantitative estimate of drug-likeness (QED) is 0.0226. The van der Waals surface area contributed by atoms with Gasteiger partial charge in [0.05, 0.1) is 43.5 Å². The SMILES string of the molecule is CC(C)CCCCCCCC(O)CC(=O)NC(CS(=O)(=O)O)C(=O)NC(CC(C)C)C(=O)NCCCC(=O)NC(Cc1cnc[nH]1)C(=O)NC(C)C(=O)NC(C(=O)NC(C(=O)NC(Cc1cnc[nH]1)C(=O)NC(C)C(=O)NC(C(=O)O)C(C)O)C(C)O)C(C)O. The number of unbranched alkanes of at least 4 members (excludes halogenated alkanes) is 4. The standard InChI is InChI=1S/C56H94N14O19S/c1-29(2)16-13-11-10-12-14-17-38(74)23-44(76)65-42(26-90(87,88)89)53(82)66-39(20-30(3)4)50(79)59-19-15-18-43(75)64-40(21-36-24-57-27-60-36)51(80)62-31(5)48(77)68-46(34(8)72)55(84)69-45(33(7)71)54(83)67-41(22-37-25-58-28-61-37)52(81)63-32(6)49(78)70-47(35(9)73)56(85)86/h24-25,27-35,38-42,45-47,71-74H,10-23,26H2,1-9H3,(H,57,60)(H,58,61)(H,59,79)(H,62,80)(H,63,81)(H,64,75)(H,65,76)(H,66,82)(H,67,83)(H,68,77)(H,69,84)(H,70,78)(H,85,86)(H,87,88,89). The summed E-state index contributed by atoms with van der Waals surface area (Å²) in [5, 5.41) is 74.6. The van der Waals surface area contributed by atoms with Gasteiger partial charge in [-0.1, -0.05) is 66.2 Å². The van der Waals surface area contributed by atoms with Crippen molar-refractivity contribution in [2.24, 2.45) is 11.8 Å². The monoisotopic (exact) mass is 1300 g/mol. The Kier molecular flexibility index (Phi) is 34.4. The molecule has 90 heavy (non-hydrogen) atoms. The van der Waals surface area contributed by atoms with E-state index in [1.54, 1.807) is 13.8 Å². The number of imidazole rings is 2. The number of carbonyl (C=O) groups excluding carboxylic acids is 10. The van der Waals surface area contributed by atoms with Crippen LogP contribution >= 0.6 is 0 Å². The van der Waals surface area contributed by atoms with Gasteiger partial charge in [-0.15, -0.1) is 0 Å². The van der Waals surface area contributed by atoms with Crippen molar-refractivity contribution in [3.63, 3.8) is 0 Å². The molecule has 0 bridgehead atoms. The minimum absolute atomic E-state index is 0.0238. The summed E-state index contributed by atoms with van der Waals surface area (Å²) < 4.78 is 33.5. The predicted octanol–water partition coefficient (Wildman–Crippen LogP) is -3.48. The summed E-state index contributed by atoms with van der Waals surface area (Å²) in [6.07, 6.45) is 4.10. The molecule has 18 N–H and O–H groups in total. The van der Waals surface area contributed by atoms with Crippen LogP contribution in [0.4, 0.5) is 0 Å². The van der Waals surface area contributed by atoms with Gasteiger partial charge in [-0.25, -0.2) is 14.8 Å². The smallest absolute Gasteiger partial charge is 0.328 e. The van der Waals surface area contributed by atoms with Crippen molar-refractivity contribution in [1.29, 1.82) is 0 Å². The summed E-state index contributed by atoms with van der Waals surface area (Å²) >= 11 is 0. The Morgan fingerprint density at radius 1 is 0.478 bits per heavy atom. The van der Waals surface area contributed by atoms with E-state index in [9.17, 15) is 91.2 Å². The summed E-state index contributed by atoms with van der Waals surface area (Å²) in [6, 6.07) is -14.4. The van der Waals surface area contributed by atoms with Crippen LogP contribution in [-0.2, 0) is 75.7 Å². The number of nitrogens with zero attached hydrogens (tertiary/aromatic N) is 2. The average Bonchev–Trinajstić information content (AvgIpc) is 1.47. The lowest BCUT2D eigenvalue weighted by atomic mass is 10.0.